The van der Waals surface area contributed by atoms with Crippen molar-refractivity contribution in [3.63, 3.8) is 0 Å². The quantitative estimate of drug-likeness (QED) is 0.744. The fourth-order valence-electron chi connectivity index (χ4n) is 2.43. The number of carboxylic acids is 1. The lowest BCUT2D eigenvalue weighted by atomic mass is 10.2. The van der Waals surface area contributed by atoms with Crippen molar-refractivity contribution in [2.75, 3.05) is 11.9 Å². The first-order chi connectivity index (χ1) is 10.9. The maximum atomic E-state index is 14.2. The van der Waals surface area contributed by atoms with E-state index in [1.165, 1.54) is 22.7 Å². The van der Waals surface area contributed by atoms with E-state index in [-0.39, 0.29) is 16.5 Å². The molecular formula is C15H12ClFN4O2. The van der Waals surface area contributed by atoms with Gasteiger partial charge in [-0.3, -0.25) is 0 Å². The second-order valence-corrected chi connectivity index (χ2v) is 5.39. The highest BCUT2D eigenvalue weighted by Crippen LogP contribution is 2.30. The number of halogens is 2. The SMILES string of the molecule is Cc1cccc(F)c1N(C)c1cc(Cl)nc2cc(C(=O)O)nn12. The first kappa shape index (κ1) is 15.2. The van der Waals surface area contributed by atoms with Gasteiger partial charge in [0, 0.05) is 19.2 Å². The first-order valence-corrected chi connectivity index (χ1v) is 7.04. The van der Waals surface area contributed by atoms with Crippen LogP contribution in [-0.4, -0.2) is 32.7 Å². The van der Waals surface area contributed by atoms with Crippen molar-refractivity contribution in [3.8, 4) is 0 Å². The molecule has 6 nitrogen and oxygen atoms in total. The van der Waals surface area contributed by atoms with Crippen molar-refractivity contribution in [2.45, 2.75) is 6.92 Å². The van der Waals surface area contributed by atoms with Crippen LogP contribution in [-0.2, 0) is 0 Å². The fraction of sp³-hybridized carbons (Fsp3) is 0.133. The number of aromatic carboxylic acids is 1. The number of aromatic nitrogens is 3. The Morgan fingerprint density at radius 3 is 2.78 bits per heavy atom. The van der Waals surface area contributed by atoms with E-state index >= 15 is 0 Å². The van der Waals surface area contributed by atoms with Gasteiger partial charge in [0.15, 0.2) is 11.3 Å². The number of para-hydroxylation sites is 1. The van der Waals surface area contributed by atoms with Gasteiger partial charge in [-0.1, -0.05) is 23.7 Å². The van der Waals surface area contributed by atoms with Crippen LogP contribution in [0.5, 0.6) is 0 Å². The Hall–Kier alpha value is -2.67. The summed E-state index contributed by atoms with van der Waals surface area (Å²) in [6.07, 6.45) is 0. The minimum Gasteiger partial charge on any atom is -0.476 e. The summed E-state index contributed by atoms with van der Waals surface area (Å²) >= 11 is 6.00. The summed E-state index contributed by atoms with van der Waals surface area (Å²) in [7, 11) is 1.65. The first-order valence-electron chi connectivity index (χ1n) is 6.67. The highest BCUT2D eigenvalue weighted by Gasteiger charge is 2.19. The fourth-order valence-corrected chi connectivity index (χ4v) is 2.62. The number of rotatable bonds is 3. The third-order valence-electron chi connectivity index (χ3n) is 3.46. The normalized spacial score (nSPS) is 11.0. The highest BCUT2D eigenvalue weighted by atomic mass is 35.5. The molecule has 3 rings (SSSR count). The number of aryl methyl sites for hydroxylation is 1. The van der Waals surface area contributed by atoms with Crippen LogP contribution in [0.2, 0.25) is 5.15 Å². The molecule has 0 fully saturated rings. The topological polar surface area (TPSA) is 70.7 Å². The van der Waals surface area contributed by atoms with Crippen LogP contribution in [0.4, 0.5) is 15.9 Å². The van der Waals surface area contributed by atoms with E-state index in [2.05, 4.69) is 10.1 Å². The van der Waals surface area contributed by atoms with E-state index in [4.69, 9.17) is 16.7 Å². The summed E-state index contributed by atoms with van der Waals surface area (Å²) in [5, 5.41) is 13.2. The molecule has 2 aromatic heterocycles. The minimum absolute atomic E-state index is 0.158. The van der Waals surface area contributed by atoms with Gasteiger partial charge in [-0.2, -0.15) is 9.61 Å². The number of carboxylic acid groups (broad SMARTS) is 1. The Bertz CT molecular complexity index is 905. The molecule has 0 spiro atoms. The lowest BCUT2D eigenvalue weighted by Gasteiger charge is -2.22. The van der Waals surface area contributed by atoms with Crippen molar-refractivity contribution < 1.29 is 14.3 Å². The summed E-state index contributed by atoms with van der Waals surface area (Å²) in [4.78, 5) is 16.7. The van der Waals surface area contributed by atoms with Gasteiger partial charge in [0.2, 0.25) is 0 Å². The molecule has 0 aliphatic heterocycles. The Morgan fingerprint density at radius 2 is 2.13 bits per heavy atom. The van der Waals surface area contributed by atoms with Crippen molar-refractivity contribution in [1.29, 1.82) is 0 Å². The average molecular weight is 335 g/mol. The summed E-state index contributed by atoms with van der Waals surface area (Å²) in [5.41, 5.74) is 1.17. The Labute approximate surface area is 135 Å². The maximum absolute atomic E-state index is 14.2. The summed E-state index contributed by atoms with van der Waals surface area (Å²) in [6.45, 7) is 1.78. The zero-order valence-corrected chi connectivity index (χ0v) is 13.0. The smallest absolute Gasteiger partial charge is 0.356 e. The van der Waals surface area contributed by atoms with Gasteiger partial charge >= 0.3 is 5.97 Å². The molecule has 118 valence electrons. The van der Waals surface area contributed by atoms with Gasteiger partial charge in [0.25, 0.3) is 0 Å². The van der Waals surface area contributed by atoms with Gasteiger partial charge in [-0.05, 0) is 18.6 Å². The molecule has 8 heteroatoms. The Kier molecular flexibility index (Phi) is 3.65. The molecule has 1 aromatic carbocycles. The van der Waals surface area contributed by atoms with Crippen LogP contribution in [0.3, 0.4) is 0 Å². The van der Waals surface area contributed by atoms with Crippen molar-refractivity contribution in [2.24, 2.45) is 0 Å². The molecule has 2 heterocycles. The van der Waals surface area contributed by atoms with E-state index in [1.807, 2.05) is 0 Å². The number of benzene rings is 1. The predicted molar refractivity (Wildman–Crippen MR) is 84.2 cm³/mol. The van der Waals surface area contributed by atoms with Crippen LogP contribution < -0.4 is 4.90 Å². The summed E-state index contributed by atoms with van der Waals surface area (Å²) in [6, 6.07) is 7.55. The largest absolute Gasteiger partial charge is 0.476 e. The predicted octanol–water partition coefficient (Wildman–Crippen LogP) is 3.30. The average Bonchev–Trinajstić information content (AvgIpc) is 2.90. The Morgan fingerprint density at radius 1 is 1.39 bits per heavy atom. The molecule has 0 aliphatic carbocycles. The summed E-state index contributed by atoms with van der Waals surface area (Å²) in [5.74, 6) is -1.18. The monoisotopic (exact) mass is 334 g/mol. The lowest BCUT2D eigenvalue weighted by molar-refractivity contribution is 0.0690. The zero-order valence-electron chi connectivity index (χ0n) is 12.3. The molecule has 1 N–H and O–H groups in total. The molecule has 0 saturated heterocycles. The highest BCUT2D eigenvalue weighted by molar-refractivity contribution is 6.29. The molecule has 23 heavy (non-hydrogen) atoms. The van der Waals surface area contributed by atoms with Gasteiger partial charge in [-0.25, -0.2) is 14.2 Å². The molecule has 0 unspecified atom stereocenters. The van der Waals surface area contributed by atoms with Crippen LogP contribution in [0.15, 0.2) is 30.3 Å². The van der Waals surface area contributed by atoms with Crippen molar-refractivity contribution in [1.82, 2.24) is 14.6 Å². The number of hydrogen-bond donors (Lipinski definition) is 1. The zero-order chi connectivity index (χ0) is 16.7. The molecular weight excluding hydrogens is 323 g/mol. The van der Waals surface area contributed by atoms with Crippen LogP contribution in [0.25, 0.3) is 5.65 Å². The van der Waals surface area contributed by atoms with Gasteiger partial charge < -0.3 is 10.0 Å². The number of carbonyl (C=O) groups is 1. The van der Waals surface area contributed by atoms with E-state index < -0.39 is 11.8 Å². The van der Waals surface area contributed by atoms with Gasteiger partial charge in [-0.15, -0.1) is 0 Å². The molecule has 0 saturated carbocycles. The number of hydrogen-bond acceptors (Lipinski definition) is 4. The van der Waals surface area contributed by atoms with Crippen molar-refractivity contribution >= 4 is 34.7 Å². The van der Waals surface area contributed by atoms with E-state index in [9.17, 15) is 9.18 Å². The molecule has 0 bridgehead atoms. The third-order valence-corrected chi connectivity index (χ3v) is 3.66. The van der Waals surface area contributed by atoms with Crippen molar-refractivity contribution in [3.05, 3.63) is 52.6 Å². The Balaban J connectivity index is 2.24. The molecule has 0 aliphatic rings. The number of nitrogens with zero attached hydrogens (tertiary/aromatic N) is 4. The number of fused-ring (bicyclic) bond motifs is 1. The lowest BCUT2D eigenvalue weighted by Crippen LogP contribution is -2.17. The maximum Gasteiger partial charge on any atom is 0.356 e. The van der Waals surface area contributed by atoms with Crippen LogP contribution >= 0.6 is 11.6 Å². The molecule has 0 amide bonds. The molecule has 0 atom stereocenters. The van der Waals surface area contributed by atoms with Gasteiger partial charge in [0.1, 0.15) is 16.8 Å². The van der Waals surface area contributed by atoms with E-state index in [0.717, 1.165) is 5.56 Å². The number of anilines is 2. The second-order valence-electron chi connectivity index (χ2n) is 5.01. The van der Waals surface area contributed by atoms with Crippen LogP contribution in [0.1, 0.15) is 16.1 Å². The molecule has 3 aromatic rings. The third kappa shape index (κ3) is 2.59. The molecule has 0 radical (unpaired) electrons. The van der Waals surface area contributed by atoms with E-state index in [1.54, 1.807) is 31.0 Å². The van der Waals surface area contributed by atoms with Gasteiger partial charge in [0.05, 0.1) is 5.69 Å². The minimum atomic E-state index is -1.18. The van der Waals surface area contributed by atoms with Crippen LogP contribution in [0, 0.1) is 12.7 Å². The summed E-state index contributed by atoms with van der Waals surface area (Å²) < 4.78 is 15.5. The second kappa shape index (κ2) is 5.51. The van der Waals surface area contributed by atoms with E-state index in [0.29, 0.717) is 11.5 Å². The standard InChI is InChI=1S/C15H12ClFN4O2/c1-8-4-3-5-9(17)14(8)20(2)13-7-11(16)18-12-6-10(15(22)23)19-21(12)13/h3-7H,1-2H3,(H,22,23).